The van der Waals surface area contributed by atoms with Gasteiger partial charge in [-0.1, -0.05) is 27.7 Å². The van der Waals surface area contributed by atoms with Crippen molar-refractivity contribution < 1.29 is 0 Å². The van der Waals surface area contributed by atoms with Crippen molar-refractivity contribution in [1.29, 1.82) is 0 Å². The van der Waals surface area contributed by atoms with Crippen LogP contribution in [-0.4, -0.2) is 30.0 Å². The van der Waals surface area contributed by atoms with Gasteiger partial charge in [0.05, 0.1) is 0 Å². The number of nitrogens with zero attached hydrogens (tertiary/aromatic N) is 2. The van der Waals surface area contributed by atoms with Crippen molar-refractivity contribution in [2.75, 3.05) is 20.1 Å². The zero-order chi connectivity index (χ0) is 14.8. The maximum Gasteiger partial charge on any atom is 0.0375 e. The highest BCUT2D eigenvalue weighted by Crippen LogP contribution is 2.29. The van der Waals surface area contributed by atoms with E-state index in [4.69, 9.17) is 0 Å². The first kappa shape index (κ1) is 18.1. The van der Waals surface area contributed by atoms with Gasteiger partial charge in [0.2, 0.25) is 0 Å². The summed E-state index contributed by atoms with van der Waals surface area (Å²) in [5.74, 6) is 0.753. The first-order chi connectivity index (χ1) is 9.16. The molecule has 2 heterocycles. The van der Waals surface area contributed by atoms with Gasteiger partial charge < -0.3 is 4.90 Å². The number of aryl methyl sites for hydroxylation is 2. The Balaban J connectivity index is 0.000000741. The van der Waals surface area contributed by atoms with Crippen LogP contribution in [0.1, 0.15) is 63.3 Å². The van der Waals surface area contributed by atoms with Gasteiger partial charge in [-0.2, -0.15) is 0 Å². The SMILES string of the molecule is CC.CC.Cc1cc(C2CCN(C)CC2)c(C)cn1. The van der Waals surface area contributed by atoms with Gasteiger partial charge in [0, 0.05) is 11.9 Å². The topological polar surface area (TPSA) is 16.1 Å². The third kappa shape index (κ3) is 5.73. The predicted molar refractivity (Wildman–Crippen MR) is 85.9 cm³/mol. The van der Waals surface area contributed by atoms with Crippen molar-refractivity contribution in [2.24, 2.45) is 0 Å². The third-order valence-corrected chi connectivity index (χ3v) is 3.44. The van der Waals surface area contributed by atoms with E-state index in [1.807, 2.05) is 33.9 Å². The van der Waals surface area contributed by atoms with Crippen LogP contribution in [0.2, 0.25) is 0 Å². The lowest BCUT2D eigenvalue weighted by Crippen LogP contribution is -2.29. The standard InChI is InChI=1S/C13H20N2.2C2H6/c1-10-9-14-11(2)8-13(10)12-4-6-15(3)7-5-12;2*1-2/h8-9,12H,4-7H2,1-3H3;2*1-2H3. The smallest absolute Gasteiger partial charge is 0.0375 e. The van der Waals surface area contributed by atoms with Crippen LogP contribution in [0, 0.1) is 13.8 Å². The second-order valence-corrected chi connectivity index (χ2v) is 4.76. The van der Waals surface area contributed by atoms with Crippen LogP contribution in [0.5, 0.6) is 0 Å². The lowest BCUT2D eigenvalue weighted by Gasteiger charge is -2.30. The Bertz CT molecular complexity index is 339. The molecule has 0 spiro atoms. The van der Waals surface area contributed by atoms with E-state index in [2.05, 4.69) is 36.8 Å². The van der Waals surface area contributed by atoms with Gasteiger partial charge >= 0.3 is 0 Å². The summed E-state index contributed by atoms with van der Waals surface area (Å²) in [5, 5.41) is 0. The molecule has 0 bridgehead atoms. The molecule has 2 rings (SSSR count). The molecule has 1 aliphatic rings. The summed E-state index contributed by atoms with van der Waals surface area (Å²) in [4.78, 5) is 6.76. The molecule has 2 heteroatoms. The quantitative estimate of drug-likeness (QED) is 0.739. The molecule has 0 aliphatic carbocycles. The summed E-state index contributed by atoms with van der Waals surface area (Å²) in [6, 6.07) is 2.27. The van der Waals surface area contributed by atoms with E-state index in [1.54, 1.807) is 0 Å². The van der Waals surface area contributed by atoms with Crippen molar-refractivity contribution in [3.63, 3.8) is 0 Å². The Hall–Kier alpha value is -0.890. The van der Waals surface area contributed by atoms with Crippen LogP contribution in [0.4, 0.5) is 0 Å². The van der Waals surface area contributed by atoms with E-state index in [-0.39, 0.29) is 0 Å². The lowest BCUT2D eigenvalue weighted by atomic mass is 9.87. The largest absolute Gasteiger partial charge is 0.306 e. The molecule has 1 saturated heterocycles. The molecule has 0 saturated carbocycles. The molecule has 0 amide bonds. The van der Waals surface area contributed by atoms with Gasteiger partial charge in [0.25, 0.3) is 0 Å². The molecule has 0 aromatic carbocycles. The monoisotopic (exact) mass is 264 g/mol. The number of piperidine rings is 1. The Morgan fingerprint density at radius 3 is 2.11 bits per heavy atom. The van der Waals surface area contributed by atoms with Gasteiger partial charge in [-0.15, -0.1) is 0 Å². The summed E-state index contributed by atoms with van der Waals surface area (Å²) in [6.07, 6.45) is 4.60. The average molecular weight is 264 g/mol. The Labute approximate surface area is 120 Å². The highest BCUT2D eigenvalue weighted by atomic mass is 15.1. The molecule has 0 radical (unpaired) electrons. The van der Waals surface area contributed by atoms with Crippen LogP contribution in [0.25, 0.3) is 0 Å². The minimum absolute atomic E-state index is 0.753. The van der Waals surface area contributed by atoms with Crippen molar-refractivity contribution in [2.45, 2.75) is 60.3 Å². The lowest BCUT2D eigenvalue weighted by molar-refractivity contribution is 0.255. The number of hydrogen-bond donors (Lipinski definition) is 0. The second kappa shape index (κ2) is 9.96. The van der Waals surface area contributed by atoms with Crippen molar-refractivity contribution >= 4 is 0 Å². The molecule has 0 unspecified atom stereocenters. The van der Waals surface area contributed by atoms with Crippen LogP contribution in [0.15, 0.2) is 12.3 Å². The maximum absolute atomic E-state index is 4.34. The van der Waals surface area contributed by atoms with Gasteiger partial charge in [0.1, 0.15) is 0 Å². The van der Waals surface area contributed by atoms with Crippen molar-refractivity contribution in [3.05, 3.63) is 29.1 Å². The zero-order valence-electron chi connectivity index (χ0n) is 14.0. The third-order valence-electron chi connectivity index (χ3n) is 3.44. The average Bonchev–Trinajstić information content (AvgIpc) is 2.47. The van der Waals surface area contributed by atoms with E-state index >= 15 is 0 Å². The molecule has 0 N–H and O–H groups in total. The summed E-state index contributed by atoms with van der Waals surface area (Å²) < 4.78 is 0. The minimum Gasteiger partial charge on any atom is -0.306 e. The Kier molecular flexibility index (Phi) is 9.50. The first-order valence-electron chi connectivity index (χ1n) is 7.78. The minimum atomic E-state index is 0.753. The summed E-state index contributed by atoms with van der Waals surface area (Å²) >= 11 is 0. The van der Waals surface area contributed by atoms with Gasteiger partial charge in [-0.3, -0.25) is 4.98 Å². The molecular formula is C17H32N2. The summed E-state index contributed by atoms with van der Waals surface area (Å²) in [7, 11) is 2.21. The van der Waals surface area contributed by atoms with Gasteiger partial charge in [0.15, 0.2) is 0 Å². The Morgan fingerprint density at radius 2 is 1.58 bits per heavy atom. The molecule has 19 heavy (non-hydrogen) atoms. The molecule has 110 valence electrons. The highest BCUT2D eigenvalue weighted by Gasteiger charge is 2.19. The van der Waals surface area contributed by atoms with Crippen LogP contribution < -0.4 is 0 Å². The van der Waals surface area contributed by atoms with Gasteiger partial charge in [-0.05, 0) is 69.9 Å². The van der Waals surface area contributed by atoms with Crippen molar-refractivity contribution in [3.8, 4) is 0 Å². The van der Waals surface area contributed by atoms with Crippen molar-refractivity contribution in [1.82, 2.24) is 9.88 Å². The molecule has 2 nitrogen and oxygen atoms in total. The number of pyridine rings is 1. The highest BCUT2D eigenvalue weighted by molar-refractivity contribution is 5.29. The normalized spacial score (nSPS) is 15.9. The number of likely N-dealkylation sites (tertiary alicyclic amines) is 1. The van der Waals surface area contributed by atoms with E-state index in [1.165, 1.54) is 37.1 Å². The molecule has 1 fully saturated rings. The maximum atomic E-state index is 4.34. The molecule has 1 aliphatic heterocycles. The Morgan fingerprint density at radius 1 is 1.05 bits per heavy atom. The molecule has 1 aromatic heterocycles. The molecular weight excluding hydrogens is 232 g/mol. The zero-order valence-corrected chi connectivity index (χ0v) is 14.0. The van der Waals surface area contributed by atoms with E-state index in [0.29, 0.717) is 0 Å². The van der Waals surface area contributed by atoms with E-state index in [0.717, 1.165) is 11.6 Å². The fourth-order valence-corrected chi connectivity index (χ4v) is 2.41. The predicted octanol–water partition coefficient (Wildman–Crippen LogP) is 4.56. The summed E-state index contributed by atoms with van der Waals surface area (Å²) in [5.41, 5.74) is 4.03. The van der Waals surface area contributed by atoms with Gasteiger partial charge in [-0.25, -0.2) is 0 Å². The fourth-order valence-electron chi connectivity index (χ4n) is 2.41. The van der Waals surface area contributed by atoms with E-state index < -0.39 is 0 Å². The second-order valence-electron chi connectivity index (χ2n) is 4.76. The summed E-state index contributed by atoms with van der Waals surface area (Å²) in [6.45, 7) is 14.7. The fraction of sp³-hybridized carbons (Fsp3) is 0.706. The number of hydrogen-bond acceptors (Lipinski definition) is 2. The molecule has 1 aromatic rings. The van der Waals surface area contributed by atoms with Crippen LogP contribution in [0.3, 0.4) is 0 Å². The van der Waals surface area contributed by atoms with Crippen LogP contribution >= 0.6 is 0 Å². The van der Waals surface area contributed by atoms with Crippen LogP contribution in [-0.2, 0) is 0 Å². The number of aromatic nitrogens is 1. The number of rotatable bonds is 1. The first-order valence-corrected chi connectivity index (χ1v) is 7.78. The molecule has 0 atom stereocenters. The van der Waals surface area contributed by atoms with E-state index in [9.17, 15) is 0 Å².